The van der Waals surface area contributed by atoms with E-state index < -0.39 is 0 Å². The number of amides is 1. The molecule has 6 nitrogen and oxygen atoms in total. The zero-order chi connectivity index (χ0) is 22.3. The normalized spacial score (nSPS) is 11.2. The van der Waals surface area contributed by atoms with Gasteiger partial charge < -0.3 is 9.30 Å². The number of para-hydroxylation sites is 1. The fourth-order valence-electron chi connectivity index (χ4n) is 3.42. The maximum absolute atomic E-state index is 13.0. The number of benzene rings is 2. The number of aryl methyl sites for hydroxylation is 1. The highest BCUT2D eigenvalue weighted by atomic mass is 16.5. The van der Waals surface area contributed by atoms with Gasteiger partial charge in [0.25, 0.3) is 5.91 Å². The first-order chi connectivity index (χ1) is 15.7. The van der Waals surface area contributed by atoms with Gasteiger partial charge in [-0.05, 0) is 42.8 Å². The zero-order valence-electron chi connectivity index (χ0n) is 18.3. The van der Waals surface area contributed by atoms with Crippen LogP contribution in [0, 0.1) is 0 Å². The van der Waals surface area contributed by atoms with Crippen LogP contribution in [0.4, 0.5) is 0 Å². The largest absolute Gasteiger partial charge is 0.494 e. The summed E-state index contributed by atoms with van der Waals surface area (Å²) >= 11 is 0. The number of ether oxygens (including phenoxy) is 1. The van der Waals surface area contributed by atoms with E-state index >= 15 is 0 Å². The minimum Gasteiger partial charge on any atom is -0.494 e. The third-order valence-electron chi connectivity index (χ3n) is 5.20. The van der Waals surface area contributed by atoms with Crippen molar-refractivity contribution in [2.45, 2.75) is 19.8 Å². The number of pyridine rings is 1. The monoisotopic (exact) mass is 426 g/mol. The second-order valence-electron chi connectivity index (χ2n) is 7.55. The summed E-state index contributed by atoms with van der Waals surface area (Å²) in [6, 6.07) is 21.1. The number of carbonyl (C=O) groups is 1. The van der Waals surface area contributed by atoms with Crippen molar-refractivity contribution in [3.05, 3.63) is 84.2 Å². The van der Waals surface area contributed by atoms with Crippen molar-refractivity contribution in [3.63, 3.8) is 0 Å². The van der Waals surface area contributed by atoms with Gasteiger partial charge in [-0.15, -0.1) is 0 Å². The Bertz CT molecular complexity index is 1260. The van der Waals surface area contributed by atoms with Gasteiger partial charge in [-0.1, -0.05) is 43.7 Å². The first kappa shape index (κ1) is 21.3. The van der Waals surface area contributed by atoms with E-state index in [9.17, 15) is 4.79 Å². The average molecular weight is 427 g/mol. The highest BCUT2D eigenvalue weighted by Gasteiger charge is 2.14. The lowest BCUT2D eigenvalue weighted by Gasteiger charge is -2.11. The van der Waals surface area contributed by atoms with Gasteiger partial charge in [-0.25, -0.2) is 10.4 Å². The first-order valence-electron chi connectivity index (χ1n) is 10.7. The Morgan fingerprint density at radius 1 is 1.12 bits per heavy atom. The summed E-state index contributed by atoms with van der Waals surface area (Å²) in [6.07, 6.45) is 5.63. The minimum absolute atomic E-state index is 0.286. The molecule has 1 amide bonds. The van der Waals surface area contributed by atoms with Crippen LogP contribution in [0.3, 0.4) is 0 Å². The van der Waals surface area contributed by atoms with Crippen molar-refractivity contribution in [2.24, 2.45) is 12.1 Å². The Balaban J connectivity index is 1.64. The van der Waals surface area contributed by atoms with E-state index in [0.717, 1.165) is 40.8 Å². The van der Waals surface area contributed by atoms with Gasteiger partial charge in [0.15, 0.2) is 0 Å². The zero-order valence-corrected chi connectivity index (χ0v) is 18.3. The molecule has 0 unspecified atom stereocenters. The van der Waals surface area contributed by atoms with Crippen molar-refractivity contribution in [2.75, 3.05) is 6.61 Å². The van der Waals surface area contributed by atoms with Crippen LogP contribution >= 0.6 is 0 Å². The van der Waals surface area contributed by atoms with Crippen LogP contribution in [-0.2, 0) is 7.05 Å². The molecule has 0 aliphatic carbocycles. The standard InChI is InChI=1S/C26H26N4O2/c1-3-4-15-32-21-11-7-9-19(16-21)25-17-23(22-12-5-6-13-24(22)28-25)26(31)29-27-18-20-10-8-14-30(20)2/h5-14,16-18H,3-4,15H2,1-2H3,(H,29,31). The third kappa shape index (κ3) is 4.86. The molecule has 4 aromatic rings. The maximum Gasteiger partial charge on any atom is 0.272 e. The lowest BCUT2D eigenvalue weighted by Crippen LogP contribution is -2.18. The van der Waals surface area contributed by atoms with Gasteiger partial charge in [-0.2, -0.15) is 5.10 Å². The molecule has 6 heteroatoms. The molecule has 2 aromatic heterocycles. The molecular weight excluding hydrogens is 400 g/mol. The molecule has 0 saturated carbocycles. The Kier molecular flexibility index (Phi) is 6.60. The van der Waals surface area contributed by atoms with Crippen molar-refractivity contribution >= 4 is 23.0 Å². The number of nitrogens with one attached hydrogen (secondary N) is 1. The Hall–Kier alpha value is -3.93. The fourth-order valence-corrected chi connectivity index (χ4v) is 3.42. The number of nitrogens with zero attached hydrogens (tertiary/aromatic N) is 3. The molecular formula is C26H26N4O2. The molecule has 0 spiro atoms. The van der Waals surface area contributed by atoms with Crippen LogP contribution in [0.25, 0.3) is 22.2 Å². The van der Waals surface area contributed by atoms with E-state index in [1.54, 1.807) is 12.3 Å². The van der Waals surface area contributed by atoms with E-state index in [1.165, 1.54) is 0 Å². The number of hydrogen-bond donors (Lipinski definition) is 1. The van der Waals surface area contributed by atoms with Gasteiger partial charge in [0.1, 0.15) is 5.75 Å². The van der Waals surface area contributed by atoms with E-state index in [0.29, 0.717) is 17.9 Å². The highest BCUT2D eigenvalue weighted by molar-refractivity contribution is 6.07. The molecule has 0 fully saturated rings. The molecule has 0 aliphatic heterocycles. The number of hydrogen-bond acceptors (Lipinski definition) is 4. The molecule has 2 aromatic carbocycles. The molecule has 0 bridgehead atoms. The van der Waals surface area contributed by atoms with Crippen molar-refractivity contribution in [3.8, 4) is 17.0 Å². The van der Waals surface area contributed by atoms with E-state index in [4.69, 9.17) is 9.72 Å². The molecule has 4 rings (SSSR count). The van der Waals surface area contributed by atoms with E-state index in [2.05, 4.69) is 17.5 Å². The second-order valence-corrected chi connectivity index (χ2v) is 7.55. The molecule has 1 N–H and O–H groups in total. The second kappa shape index (κ2) is 9.92. The Labute approximate surface area is 187 Å². The summed E-state index contributed by atoms with van der Waals surface area (Å²) in [5, 5.41) is 4.91. The predicted molar refractivity (Wildman–Crippen MR) is 128 cm³/mol. The smallest absolute Gasteiger partial charge is 0.272 e. The summed E-state index contributed by atoms with van der Waals surface area (Å²) in [5.41, 5.74) is 6.41. The number of rotatable bonds is 8. The van der Waals surface area contributed by atoms with Crippen molar-refractivity contribution < 1.29 is 9.53 Å². The van der Waals surface area contributed by atoms with Gasteiger partial charge in [0.2, 0.25) is 0 Å². The molecule has 2 heterocycles. The van der Waals surface area contributed by atoms with Crippen LogP contribution in [0.1, 0.15) is 35.8 Å². The van der Waals surface area contributed by atoms with Crippen molar-refractivity contribution in [1.29, 1.82) is 0 Å². The topological polar surface area (TPSA) is 68.5 Å². The summed E-state index contributed by atoms with van der Waals surface area (Å²) in [6.45, 7) is 2.81. The van der Waals surface area contributed by atoms with Crippen LogP contribution in [-0.4, -0.2) is 28.3 Å². The SMILES string of the molecule is CCCCOc1cccc(-c2cc(C(=O)NN=Cc3cccn3C)c3ccccc3n2)c1. The van der Waals surface area contributed by atoms with Gasteiger partial charge in [0.05, 0.1) is 35.3 Å². The number of aromatic nitrogens is 2. The van der Waals surface area contributed by atoms with Crippen molar-refractivity contribution in [1.82, 2.24) is 15.0 Å². The average Bonchev–Trinajstić information content (AvgIpc) is 3.23. The van der Waals surface area contributed by atoms with Crippen LogP contribution in [0.15, 0.2) is 78.0 Å². The van der Waals surface area contributed by atoms with Crippen LogP contribution in [0.5, 0.6) is 5.75 Å². The third-order valence-corrected chi connectivity index (χ3v) is 5.20. The number of hydrazone groups is 1. The summed E-state index contributed by atoms with van der Waals surface area (Å²) in [5.74, 6) is 0.509. The molecule has 0 saturated heterocycles. The lowest BCUT2D eigenvalue weighted by atomic mass is 10.0. The molecule has 0 atom stereocenters. The Morgan fingerprint density at radius 2 is 2.00 bits per heavy atom. The van der Waals surface area contributed by atoms with Crippen LogP contribution in [0.2, 0.25) is 0 Å². The maximum atomic E-state index is 13.0. The number of unbranched alkanes of at least 4 members (excludes halogenated alkanes) is 1. The lowest BCUT2D eigenvalue weighted by molar-refractivity contribution is 0.0956. The van der Waals surface area contributed by atoms with Crippen LogP contribution < -0.4 is 10.2 Å². The molecule has 162 valence electrons. The van der Waals surface area contributed by atoms with Gasteiger partial charge in [-0.3, -0.25) is 4.79 Å². The van der Waals surface area contributed by atoms with Gasteiger partial charge in [0, 0.05) is 24.2 Å². The molecule has 0 radical (unpaired) electrons. The van der Waals surface area contributed by atoms with Gasteiger partial charge >= 0.3 is 0 Å². The fraction of sp³-hybridized carbons (Fsp3) is 0.192. The molecule has 32 heavy (non-hydrogen) atoms. The summed E-state index contributed by atoms with van der Waals surface area (Å²) < 4.78 is 7.77. The summed E-state index contributed by atoms with van der Waals surface area (Å²) in [4.78, 5) is 17.8. The first-order valence-corrected chi connectivity index (χ1v) is 10.7. The quantitative estimate of drug-likeness (QED) is 0.240. The number of fused-ring (bicyclic) bond motifs is 1. The number of carbonyl (C=O) groups excluding carboxylic acids is 1. The highest BCUT2D eigenvalue weighted by Crippen LogP contribution is 2.27. The predicted octanol–water partition coefficient (Wildman–Crippen LogP) is 5.18. The van der Waals surface area contributed by atoms with E-state index in [-0.39, 0.29) is 5.91 Å². The summed E-state index contributed by atoms with van der Waals surface area (Å²) in [7, 11) is 1.92. The molecule has 0 aliphatic rings. The Morgan fingerprint density at radius 3 is 2.81 bits per heavy atom. The van der Waals surface area contributed by atoms with E-state index in [1.807, 2.05) is 78.5 Å². The minimum atomic E-state index is -0.286.